The zero-order valence-corrected chi connectivity index (χ0v) is 10.1. The molecule has 10 heteroatoms. The third-order valence-corrected chi connectivity index (χ3v) is 3.01. The molecule has 7 nitrogen and oxygen atoms in total. The fraction of sp³-hybridized carbons (Fsp3) is 0.778. The summed E-state index contributed by atoms with van der Waals surface area (Å²) in [6, 6.07) is -1.17. The van der Waals surface area contributed by atoms with Crippen molar-refractivity contribution in [2.75, 3.05) is 6.54 Å². The maximum atomic E-state index is 13.4. The normalized spacial score (nSPS) is 28.3. The second-order valence-corrected chi connectivity index (χ2v) is 4.47. The molecule has 0 bridgehead atoms. The third kappa shape index (κ3) is 3.61. The third-order valence-electron chi connectivity index (χ3n) is 3.01. The van der Waals surface area contributed by atoms with Crippen molar-refractivity contribution in [3.63, 3.8) is 0 Å². The van der Waals surface area contributed by atoms with Crippen LogP contribution in [0.15, 0.2) is 0 Å². The topological polar surface area (TPSA) is 130 Å². The predicted molar refractivity (Wildman–Crippen MR) is 61.9 cm³/mol. The molecule has 1 aliphatic heterocycles. The van der Waals surface area contributed by atoms with E-state index in [4.69, 9.17) is 21.5 Å². The molecule has 1 fully saturated rings. The minimum atomic E-state index is -2.21. The van der Waals surface area contributed by atoms with Gasteiger partial charge in [-0.1, -0.05) is 0 Å². The van der Waals surface area contributed by atoms with Crippen LogP contribution in [0.5, 0.6) is 0 Å². The number of nitrogens with two attached hydrogens (primary N) is 2. The van der Waals surface area contributed by atoms with Crippen molar-refractivity contribution in [3.05, 3.63) is 0 Å². The smallest absolute Gasteiger partial charge is 0.426 e. The van der Waals surface area contributed by atoms with Crippen LogP contribution in [0.3, 0.4) is 0 Å². The summed E-state index contributed by atoms with van der Waals surface area (Å²) in [5.74, 6) is -3.19. The first-order valence-electron chi connectivity index (χ1n) is 5.74. The number of hydrogen-bond acceptors (Lipinski definition) is 5. The van der Waals surface area contributed by atoms with Crippen LogP contribution in [0, 0.1) is 0 Å². The van der Waals surface area contributed by atoms with E-state index in [1.165, 1.54) is 0 Å². The lowest BCUT2D eigenvalue weighted by molar-refractivity contribution is -0.133. The van der Waals surface area contributed by atoms with Crippen LogP contribution in [0.25, 0.3) is 0 Å². The van der Waals surface area contributed by atoms with Gasteiger partial charge in [-0.3, -0.25) is 9.59 Å². The maximum Gasteiger partial charge on any atom is 0.478 e. The average molecular weight is 279 g/mol. The largest absolute Gasteiger partial charge is 0.478 e. The Morgan fingerprint density at radius 1 is 1.42 bits per heavy atom. The summed E-state index contributed by atoms with van der Waals surface area (Å²) in [6.45, 7) is -0.605. The number of nitrogens with zero attached hydrogens (tertiary/aromatic N) is 1. The van der Waals surface area contributed by atoms with E-state index in [2.05, 4.69) is 0 Å². The molecule has 0 aromatic heterocycles. The number of halogens is 2. The van der Waals surface area contributed by atoms with Crippen LogP contribution in [-0.4, -0.2) is 64.8 Å². The van der Waals surface area contributed by atoms with Crippen LogP contribution in [-0.2, 0) is 9.59 Å². The van der Waals surface area contributed by atoms with Crippen LogP contribution in [0.1, 0.15) is 12.8 Å². The number of primary amides is 1. The molecule has 0 spiro atoms. The van der Waals surface area contributed by atoms with Crippen molar-refractivity contribution >= 4 is 18.9 Å². The quantitative estimate of drug-likeness (QED) is 0.412. The summed E-state index contributed by atoms with van der Waals surface area (Å²) in [7, 11) is -2.21. The lowest BCUT2D eigenvalue weighted by Gasteiger charge is -2.26. The van der Waals surface area contributed by atoms with Crippen molar-refractivity contribution < 1.29 is 28.4 Å². The van der Waals surface area contributed by atoms with Gasteiger partial charge in [0.25, 0.3) is 0 Å². The molecule has 1 rings (SSSR count). The number of rotatable bonds is 5. The Kier molecular flexibility index (Phi) is 5.21. The number of hydrogen-bond donors (Lipinski definition) is 4. The van der Waals surface area contributed by atoms with Gasteiger partial charge in [0.05, 0.1) is 12.6 Å². The predicted octanol–water partition coefficient (Wildman–Crippen LogP) is -2.52. The summed E-state index contributed by atoms with van der Waals surface area (Å²) in [5.41, 5.74) is 10.4. The highest BCUT2D eigenvalue weighted by Crippen LogP contribution is 2.25. The number of carbonyl (C=O) groups is 2. The Labute approximate surface area is 108 Å². The Morgan fingerprint density at radius 2 is 2.00 bits per heavy atom. The summed E-state index contributed by atoms with van der Waals surface area (Å²) in [6.07, 6.45) is -4.41. The lowest BCUT2D eigenvalue weighted by Crippen LogP contribution is -2.53. The van der Waals surface area contributed by atoms with Crippen molar-refractivity contribution in [2.45, 2.75) is 37.2 Å². The molecule has 1 heterocycles. The second-order valence-electron chi connectivity index (χ2n) is 4.47. The fourth-order valence-corrected chi connectivity index (χ4v) is 1.99. The first-order chi connectivity index (χ1) is 8.75. The first kappa shape index (κ1) is 15.8. The van der Waals surface area contributed by atoms with Gasteiger partial charge >= 0.3 is 7.12 Å². The minimum absolute atomic E-state index is 0.0766. The number of carbonyl (C=O) groups excluding carboxylic acids is 2. The van der Waals surface area contributed by atoms with E-state index < -0.39 is 49.8 Å². The standard InChI is InChI=1S/C9H16BF2N3O4/c11-4-3-15(8(7(4)12)10(18)19)9(17)5(13)1-2-6(14)16/h4-5,7-8,18-19H,1-3,13H2,(H2,14,16)/t4-,5+,7-,8-/m1/s1. The van der Waals surface area contributed by atoms with Gasteiger partial charge in [-0.15, -0.1) is 0 Å². The molecule has 0 aromatic rings. The molecule has 0 aromatic carbocycles. The van der Waals surface area contributed by atoms with Crippen molar-refractivity contribution in [2.24, 2.45) is 11.5 Å². The van der Waals surface area contributed by atoms with E-state index in [0.717, 1.165) is 0 Å². The van der Waals surface area contributed by atoms with E-state index in [9.17, 15) is 18.4 Å². The van der Waals surface area contributed by atoms with Crippen molar-refractivity contribution in [3.8, 4) is 0 Å². The molecular weight excluding hydrogens is 263 g/mol. The van der Waals surface area contributed by atoms with Gasteiger partial charge < -0.3 is 26.4 Å². The van der Waals surface area contributed by atoms with Crippen LogP contribution < -0.4 is 11.5 Å². The minimum Gasteiger partial charge on any atom is -0.426 e. The highest BCUT2D eigenvalue weighted by Gasteiger charge is 2.51. The van der Waals surface area contributed by atoms with E-state index in [0.29, 0.717) is 4.90 Å². The summed E-state index contributed by atoms with van der Waals surface area (Å²) in [5, 5.41) is 18.0. The highest BCUT2D eigenvalue weighted by molar-refractivity contribution is 6.44. The van der Waals surface area contributed by atoms with E-state index in [1.54, 1.807) is 0 Å². The molecule has 6 N–H and O–H groups in total. The Balaban J connectivity index is 2.71. The first-order valence-corrected chi connectivity index (χ1v) is 5.74. The molecule has 1 saturated heterocycles. The average Bonchev–Trinajstić information content (AvgIpc) is 2.61. The van der Waals surface area contributed by atoms with Gasteiger partial charge in [-0.25, -0.2) is 8.78 Å². The molecule has 108 valence electrons. The Morgan fingerprint density at radius 3 is 2.47 bits per heavy atom. The summed E-state index contributed by atoms with van der Waals surface area (Å²) >= 11 is 0. The van der Waals surface area contributed by atoms with Crippen LogP contribution in [0.4, 0.5) is 8.78 Å². The summed E-state index contributed by atoms with van der Waals surface area (Å²) in [4.78, 5) is 23.1. The second kappa shape index (κ2) is 6.26. The van der Waals surface area contributed by atoms with E-state index in [-0.39, 0.29) is 12.8 Å². The number of alkyl halides is 2. The fourth-order valence-electron chi connectivity index (χ4n) is 1.99. The molecule has 0 unspecified atom stereocenters. The molecule has 4 atom stereocenters. The van der Waals surface area contributed by atoms with Gasteiger partial charge in [0.15, 0.2) is 12.3 Å². The molecule has 1 aliphatic rings. The van der Waals surface area contributed by atoms with Crippen molar-refractivity contribution in [1.29, 1.82) is 0 Å². The van der Waals surface area contributed by atoms with Crippen LogP contribution >= 0.6 is 0 Å². The molecule has 2 amide bonds. The van der Waals surface area contributed by atoms with Gasteiger partial charge in [-0.2, -0.15) is 0 Å². The van der Waals surface area contributed by atoms with Gasteiger partial charge in [-0.05, 0) is 6.42 Å². The number of amides is 2. The van der Waals surface area contributed by atoms with Crippen molar-refractivity contribution in [1.82, 2.24) is 4.90 Å². The van der Waals surface area contributed by atoms with Gasteiger partial charge in [0.1, 0.15) is 5.94 Å². The SMILES string of the molecule is NC(=O)CC[C@H](N)C(=O)N1C[C@@H](F)[C@@H](F)[C@@H]1B(O)O. The molecule has 19 heavy (non-hydrogen) atoms. The molecule has 0 aliphatic carbocycles. The lowest BCUT2D eigenvalue weighted by atomic mass is 9.76. The zero-order chi connectivity index (χ0) is 14.7. The maximum absolute atomic E-state index is 13.4. The monoisotopic (exact) mass is 279 g/mol. The molecule has 0 saturated carbocycles. The Hall–Kier alpha value is -1.26. The van der Waals surface area contributed by atoms with E-state index in [1.807, 2.05) is 0 Å². The number of likely N-dealkylation sites (tertiary alicyclic amines) is 1. The van der Waals surface area contributed by atoms with E-state index >= 15 is 0 Å². The zero-order valence-electron chi connectivity index (χ0n) is 10.1. The van der Waals surface area contributed by atoms with Gasteiger partial charge in [0, 0.05) is 6.42 Å². The Bertz CT molecular complexity index is 360. The highest BCUT2D eigenvalue weighted by atomic mass is 19.2. The molecular formula is C9H16BF2N3O4. The molecule has 0 radical (unpaired) electrons. The van der Waals surface area contributed by atoms with Crippen LogP contribution in [0.2, 0.25) is 0 Å². The van der Waals surface area contributed by atoms with Gasteiger partial charge in [0.2, 0.25) is 11.8 Å². The summed E-state index contributed by atoms with van der Waals surface area (Å²) < 4.78 is 26.6.